The number of rotatable bonds is 4. The first-order chi connectivity index (χ1) is 12.7. The summed E-state index contributed by atoms with van der Waals surface area (Å²) < 4.78 is 6.70. The summed E-state index contributed by atoms with van der Waals surface area (Å²) in [6, 6.07) is 10.3. The summed E-state index contributed by atoms with van der Waals surface area (Å²) in [5.41, 5.74) is 3.63. The number of nitrogens with zero attached hydrogens (tertiary/aromatic N) is 2. The van der Waals surface area contributed by atoms with Gasteiger partial charge in [0.2, 0.25) is 0 Å². The standard InChI is InChI=1S/C19H20N4O3S/c1-11(2)26-15-7-5-6-14(9-15)17(24)21-19(27)22-23-13(4)8-12(3)16(10-20)18(23)25/h5-9,11H,1-4H3,(H2,21,22,24,27). The Morgan fingerprint density at radius 1 is 1.30 bits per heavy atom. The van der Waals surface area contributed by atoms with Crippen molar-refractivity contribution in [2.75, 3.05) is 5.43 Å². The Hall–Kier alpha value is -3.18. The maximum atomic E-state index is 12.4. The maximum Gasteiger partial charge on any atom is 0.287 e. The van der Waals surface area contributed by atoms with Crippen LogP contribution in [0, 0.1) is 25.2 Å². The summed E-state index contributed by atoms with van der Waals surface area (Å²) in [7, 11) is 0. The van der Waals surface area contributed by atoms with Crippen LogP contribution in [-0.4, -0.2) is 21.8 Å². The van der Waals surface area contributed by atoms with Gasteiger partial charge in [-0.3, -0.25) is 20.3 Å². The van der Waals surface area contributed by atoms with E-state index in [1.165, 1.54) is 0 Å². The molecule has 0 aliphatic carbocycles. The second-order valence-electron chi connectivity index (χ2n) is 6.19. The van der Waals surface area contributed by atoms with Crippen LogP contribution < -0.4 is 21.0 Å². The number of ether oxygens (including phenoxy) is 1. The van der Waals surface area contributed by atoms with Gasteiger partial charge in [-0.1, -0.05) is 6.07 Å². The average molecular weight is 384 g/mol. The lowest BCUT2D eigenvalue weighted by atomic mass is 10.1. The van der Waals surface area contributed by atoms with Crippen molar-refractivity contribution in [2.24, 2.45) is 0 Å². The Labute approximate surface area is 162 Å². The van der Waals surface area contributed by atoms with Gasteiger partial charge in [0, 0.05) is 11.3 Å². The van der Waals surface area contributed by atoms with Crippen LogP contribution in [0.4, 0.5) is 0 Å². The van der Waals surface area contributed by atoms with Gasteiger partial charge in [0.05, 0.1) is 6.10 Å². The Balaban J connectivity index is 2.16. The number of aromatic nitrogens is 1. The second kappa shape index (κ2) is 8.47. The molecule has 0 fully saturated rings. The monoisotopic (exact) mass is 384 g/mol. The number of hydrogen-bond acceptors (Lipinski definition) is 5. The van der Waals surface area contributed by atoms with Crippen LogP contribution in [0.1, 0.15) is 41.0 Å². The Kier molecular flexibility index (Phi) is 6.32. The number of thiocarbonyl (C=S) groups is 1. The highest BCUT2D eigenvalue weighted by molar-refractivity contribution is 7.80. The number of hydrogen-bond donors (Lipinski definition) is 2. The molecule has 2 aromatic rings. The molecule has 27 heavy (non-hydrogen) atoms. The van der Waals surface area contributed by atoms with Crippen LogP contribution in [-0.2, 0) is 0 Å². The van der Waals surface area contributed by atoms with Gasteiger partial charge < -0.3 is 4.74 Å². The molecule has 7 nitrogen and oxygen atoms in total. The second-order valence-corrected chi connectivity index (χ2v) is 6.59. The lowest BCUT2D eigenvalue weighted by Gasteiger charge is -2.15. The Morgan fingerprint density at radius 3 is 2.63 bits per heavy atom. The molecule has 2 N–H and O–H groups in total. The smallest absolute Gasteiger partial charge is 0.287 e. The van der Waals surface area contributed by atoms with Gasteiger partial charge in [0.25, 0.3) is 11.5 Å². The van der Waals surface area contributed by atoms with E-state index in [-0.39, 0.29) is 16.8 Å². The zero-order chi connectivity index (χ0) is 20.1. The quantitative estimate of drug-likeness (QED) is 0.786. The van der Waals surface area contributed by atoms with Crippen LogP contribution in [0.2, 0.25) is 0 Å². The van der Waals surface area contributed by atoms with Crippen molar-refractivity contribution in [1.82, 2.24) is 9.99 Å². The third kappa shape index (κ3) is 4.92. The zero-order valence-electron chi connectivity index (χ0n) is 15.5. The third-order valence-corrected chi connectivity index (χ3v) is 3.80. The summed E-state index contributed by atoms with van der Waals surface area (Å²) in [4.78, 5) is 24.8. The first kappa shape index (κ1) is 20.1. The molecule has 1 aromatic heterocycles. The minimum absolute atomic E-state index is 0.0146. The fraction of sp³-hybridized carbons (Fsp3) is 0.263. The molecule has 0 bridgehead atoms. The number of amides is 1. The molecule has 8 heteroatoms. The topological polar surface area (TPSA) is 96.2 Å². The van der Waals surface area contributed by atoms with Gasteiger partial charge in [-0.25, -0.2) is 4.68 Å². The van der Waals surface area contributed by atoms with E-state index in [1.54, 1.807) is 44.2 Å². The molecule has 0 unspecified atom stereocenters. The van der Waals surface area contributed by atoms with Gasteiger partial charge in [0.15, 0.2) is 5.11 Å². The summed E-state index contributed by atoms with van der Waals surface area (Å²) in [5, 5.41) is 11.6. The molecule has 2 rings (SSSR count). The van der Waals surface area contributed by atoms with Gasteiger partial charge in [-0.15, -0.1) is 0 Å². The molecule has 0 atom stereocenters. The predicted molar refractivity (Wildman–Crippen MR) is 107 cm³/mol. The van der Waals surface area contributed by atoms with Crippen molar-refractivity contribution < 1.29 is 9.53 Å². The lowest BCUT2D eigenvalue weighted by molar-refractivity contribution is 0.0976. The van der Waals surface area contributed by atoms with E-state index in [4.69, 9.17) is 22.2 Å². The summed E-state index contributed by atoms with van der Waals surface area (Å²) in [6.45, 7) is 7.16. The molecule has 0 spiro atoms. The summed E-state index contributed by atoms with van der Waals surface area (Å²) in [6.07, 6.45) is -0.0169. The first-order valence-electron chi connectivity index (χ1n) is 8.25. The highest BCUT2D eigenvalue weighted by Crippen LogP contribution is 2.14. The first-order valence-corrected chi connectivity index (χ1v) is 8.66. The highest BCUT2D eigenvalue weighted by atomic mass is 32.1. The average Bonchev–Trinajstić information content (AvgIpc) is 2.58. The molecule has 0 saturated heterocycles. The SMILES string of the molecule is Cc1cc(C)n(NC(=S)NC(=O)c2cccc(OC(C)C)c2)c(=O)c1C#N. The van der Waals surface area contributed by atoms with Crippen LogP contribution in [0.15, 0.2) is 35.1 Å². The number of carbonyl (C=O) groups excluding carboxylic acids is 1. The molecule has 140 valence electrons. The van der Waals surface area contributed by atoms with E-state index in [9.17, 15) is 9.59 Å². The van der Waals surface area contributed by atoms with Crippen molar-refractivity contribution in [3.05, 3.63) is 63.1 Å². The van der Waals surface area contributed by atoms with E-state index in [0.29, 0.717) is 22.6 Å². The number of carbonyl (C=O) groups is 1. The van der Waals surface area contributed by atoms with Crippen LogP contribution >= 0.6 is 12.2 Å². The number of nitrogens with one attached hydrogen (secondary N) is 2. The number of benzene rings is 1. The van der Waals surface area contributed by atoms with Crippen molar-refractivity contribution in [1.29, 1.82) is 5.26 Å². The molecular formula is C19H20N4O3S. The van der Waals surface area contributed by atoms with Gasteiger partial charge in [-0.05, 0) is 69.7 Å². The summed E-state index contributed by atoms with van der Waals surface area (Å²) in [5.74, 6) is 0.126. The Bertz CT molecular complexity index is 989. The molecule has 0 aliphatic heterocycles. The van der Waals surface area contributed by atoms with Crippen molar-refractivity contribution in [3.63, 3.8) is 0 Å². The van der Waals surface area contributed by atoms with Crippen LogP contribution in [0.5, 0.6) is 5.75 Å². The molecule has 1 heterocycles. The van der Waals surface area contributed by atoms with Gasteiger partial charge in [0.1, 0.15) is 17.4 Å². The van der Waals surface area contributed by atoms with E-state index >= 15 is 0 Å². The molecule has 1 amide bonds. The van der Waals surface area contributed by atoms with Gasteiger partial charge in [-0.2, -0.15) is 5.26 Å². The van der Waals surface area contributed by atoms with E-state index in [2.05, 4.69) is 10.7 Å². The molecule has 0 aliphatic rings. The van der Waals surface area contributed by atoms with Crippen LogP contribution in [0.25, 0.3) is 0 Å². The van der Waals surface area contributed by atoms with E-state index in [0.717, 1.165) is 4.68 Å². The van der Waals surface area contributed by atoms with Crippen molar-refractivity contribution >= 4 is 23.2 Å². The van der Waals surface area contributed by atoms with Crippen LogP contribution in [0.3, 0.4) is 0 Å². The third-order valence-electron chi connectivity index (χ3n) is 3.61. The highest BCUT2D eigenvalue weighted by Gasteiger charge is 2.13. The van der Waals surface area contributed by atoms with E-state index < -0.39 is 11.5 Å². The lowest BCUT2D eigenvalue weighted by Crippen LogP contribution is -2.43. The largest absolute Gasteiger partial charge is 0.491 e. The van der Waals surface area contributed by atoms with Crippen molar-refractivity contribution in [2.45, 2.75) is 33.8 Å². The van der Waals surface area contributed by atoms with Gasteiger partial charge >= 0.3 is 0 Å². The number of pyridine rings is 1. The summed E-state index contributed by atoms with van der Waals surface area (Å²) >= 11 is 5.13. The minimum atomic E-state index is -0.529. The molecular weight excluding hydrogens is 364 g/mol. The fourth-order valence-electron chi connectivity index (χ4n) is 2.45. The maximum absolute atomic E-state index is 12.4. The molecule has 1 aromatic carbocycles. The zero-order valence-corrected chi connectivity index (χ0v) is 16.3. The van der Waals surface area contributed by atoms with E-state index in [1.807, 2.05) is 19.9 Å². The normalized spacial score (nSPS) is 10.2. The fourth-order valence-corrected chi connectivity index (χ4v) is 2.64. The predicted octanol–water partition coefficient (Wildman–Crippen LogP) is 2.38. The van der Waals surface area contributed by atoms with Crippen molar-refractivity contribution in [3.8, 4) is 11.8 Å². The molecule has 0 saturated carbocycles. The minimum Gasteiger partial charge on any atom is -0.491 e. The number of aryl methyl sites for hydroxylation is 2. The Morgan fingerprint density at radius 2 is 2.00 bits per heavy atom. The molecule has 0 radical (unpaired) electrons. The number of nitriles is 1.